The maximum Gasteiger partial charge on any atom is 0.133 e. The highest BCUT2D eigenvalue weighted by Gasteiger charge is 2.15. The predicted molar refractivity (Wildman–Crippen MR) is 96.2 cm³/mol. The van der Waals surface area contributed by atoms with Gasteiger partial charge in [0.15, 0.2) is 0 Å². The SMILES string of the molecule is CCCC(C)Oc1cccc(C)c1Sc1cccc(C#N)c1C#N. The number of benzene rings is 2. The van der Waals surface area contributed by atoms with Crippen LogP contribution < -0.4 is 4.74 Å². The Balaban J connectivity index is 2.41. The van der Waals surface area contributed by atoms with Crippen LogP contribution in [-0.2, 0) is 0 Å². The van der Waals surface area contributed by atoms with Crippen LogP contribution in [0.3, 0.4) is 0 Å². The summed E-state index contributed by atoms with van der Waals surface area (Å²) in [4.78, 5) is 1.77. The van der Waals surface area contributed by atoms with E-state index in [1.165, 1.54) is 11.8 Å². The highest BCUT2D eigenvalue weighted by Crippen LogP contribution is 2.40. The summed E-state index contributed by atoms with van der Waals surface area (Å²) in [6.07, 6.45) is 2.20. The van der Waals surface area contributed by atoms with Crippen molar-refractivity contribution < 1.29 is 4.74 Å². The van der Waals surface area contributed by atoms with Crippen LogP contribution in [0.25, 0.3) is 0 Å². The molecule has 0 heterocycles. The first-order valence-electron chi connectivity index (χ1n) is 7.98. The van der Waals surface area contributed by atoms with Crippen molar-refractivity contribution in [2.75, 3.05) is 0 Å². The molecule has 1 atom stereocenters. The van der Waals surface area contributed by atoms with Gasteiger partial charge >= 0.3 is 0 Å². The summed E-state index contributed by atoms with van der Waals surface area (Å²) in [6, 6.07) is 15.5. The van der Waals surface area contributed by atoms with E-state index in [0.29, 0.717) is 11.1 Å². The number of aryl methyl sites for hydroxylation is 1. The second kappa shape index (κ2) is 8.43. The molecule has 0 aliphatic carbocycles. The van der Waals surface area contributed by atoms with Gasteiger partial charge in [-0.15, -0.1) is 0 Å². The number of rotatable bonds is 6. The van der Waals surface area contributed by atoms with Crippen LogP contribution in [0.5, 0.6) is 5.75 Å². The van der Waals surface area contributed by atoms with E-state index in [2.05, 4.69) is 26.0 Å². The maximum absolute atomic E-state index is 9.42. The molecule has 0 aliphatic rings. The molecule has 0 spiro atoms. The molecule has 0 amide bonds. The van der Waals surface area contributed by atoms with Crippen molar-refractivity contribution >= 4 is 11.8 Å². The first kappa shape index (κ1) is 17.9. The normalized spacial score (nSPS) is 11.4. The van der Waals surface area contributed by atoms with Crippen LogP contribution in [0.15, 0.2) is 46.2 Å². The van der Waals surface area contributed by atoms with Crippen molar-refractivity contribution in [3.63, 3.8) is 0 Å². The average molecular weight is 336 g/mol. The number of nitrogens with zero attached hydrogens (tertiary/aromatic N) is 2. The first-order valence-corrected chi connectivity index (χ1v) is 8.79. The van der Waals surface area contributed by atoms with Gasteiger partial charge in [-0.1, -0.05) is 43.3 Å². The zero-order valence-electron chi connectivity index (χ0n) is 14.2. The fraction of sp³-hybridized carbons (Fsp3) is 0.300. The molecule has 0 saturated carbocycles. The molecule has 122 valence electrons. The molecule has 0 radical (unpaired) electrons. The van der Waals surface area contributed by atoms with Crippen molar-refractivity contribution in [2.24, 2.45) is 0 Å². The van der Waals surface area contributed by atoms with E-state index in [9.17, 15) is 10.5 Å². The Morgan fingerprint density at radius 3 is 2.54 bits per heavy atom. The molecule has 0 N–H and O–H groups in total. The highest BCUT2D eigenvalue weighted by atomic mass is 32.2. The lowest BCUT2D eigenvalue weighted by molar-refractivity contribution is 0.204. The van der Waals surface area contributed by atoms with Crippen LogP contribution in [-0.4, -0.2) is 6.10 Å². The zero-order valence-corrected chi connectivity index (χ0v) is 15.0. The van der Waals surface area contributed by atoms with Gasteiger partial charge in [0.2, 0.25) is 0 Å². The average Bonchev–Trinajstić information content (AvgIpc) is 2.57. The van der Waals surface area contributed by atoms with E-state index >= 15 is 0 Å². The van der Waals surface area contributed by atoms with Gasteiger partial charge in [-0.05, 0) is 44.0 Å². The lowest BCUT2D eigenvalue weighted by Crippen LogP contribution is -2.11. The molecule has 2 aromatic carbocycles. The summed E-state index contributed by atoms with van der Waals surface area (Å²) in [6.45, 7) is 6.23. The second-order valence-corrected chi connectivity index (χ2v) is 6.68. The minimum atomic E-state index is 0.136. The summed E-state index contributed by atoms with van der Waals surface area (Å²) < 4.78 is 6.10. The van der Waals surface area contributed by atoms with E-state index in [1.807, 2.05) is 31.2 Å². The molecule has 2 aromatic rings. The van der Waals surface area contributed by atoms with Crippen LogP contribution in [0.4, 0.5) is 0 Å². The van der Waals surface area contributed by atoms with Gasteiger partial charge in [0.05, 0.1) is 22.1 Å². The molecule has 0 saturated heterocycles. The largest absolute Gasteiger partial charge is 0.490 e. The number of ether oxygens (including phenoxy) is 1. The first-order chi connectivity index (χ1) is 11.6. The molecule has 1 unspecified atom stereocenters. The van der Waals surface area contributed by atoms with Gasteiger partial charge in [0.1, 0.15) is 17.9 Å². The van der Waals surface area contributed by atoms with E-state index < -0.39 is 0 Å². The molecule has 2 rings (SSSR count). The number of nitriles is 2. The van der Waals surface area contributed by atoms with Crippen molar-refractivity contribution in [3.8, 4) is 17.9 Å². The number of hydrogen-bond donors (Lipinski definition) is 0. The Morgan fingerprint density at radius 1 is 1.12 bits per heavy atom. The van der Waals surface area contributed by atoms with Gasteiger partial charge in [0.25, 0.3) is 0 Å². The van der Waals surface area contributed by atoms with Crippen LogP contribution in [0, 0.1) is 29.6 Å². The quantitative estimate of drug-likeness (QED) is 0.703. The molecule has 24 heavy (non-hydrogen) atoms. The Morgan fingerprint density at radius 2 is 1.88 bits per heavy atom. The van der Waals surface area contributed by atoms with E-state index in [-0.39, 0.29) is 6.10 Å². The van der Waals surface area contributed by atoms with Crippen molar-refractivity contribution in [2.45, 2.75) is 49.5 Å². The van der Waals surface area contributed by atoms with Gasteiger partial charge in [-0.2, -0.15) is 10.5 Å². The van der Waals surface area contributed by atoms with Gasteiger partial charge in [-0.3, -0.25) is 0 Å². The standard InChI is InChI=1S/C20H20N2OS/c1-4-7-15(3)23-18-10-5-8-14(2)20(18)24-19-11-6-9-16(12-21)17(19)13-22/h5-6,8-11,15H,4,7H2,1-3H3. The Bertz CT molecular complexity index is 802. The van der Waals surface area contributed by atoms with Gasteiger partial charge < -0.3 is 4.74 Å². The lowest BCUT2D eigenvalue weighted by Gasteiger charge is -2.18. The Kier molecular flexibility index (Phi) is 6.29. The molecule has 0 aliphatic heterocycles. The minimum Gasteiger partial charge on any atom is -0.490 e. The van der Waals surface area contributed by atoms with Gasteiger partial charge in [-0.25, -0.2) is 0 Å². The number of hydrogen-bond acceptors (Lipinski definition) is 4. The second-order valence-electron chi connectivity index (χ2n) is 5.62. The molecular weight excluding hydrogens is 316 g/mol. The molecule has 0 aromatic heterocycles. The van der Waals surface area contributed by atoms with Gasteiger partial charge in [0, 0.05) is 4.90 Å². The van der Waals surface area contributed by atoms with Crippen molar-refractivity contribution in [3.05, 3.63) is 53.1 Å². The highest BCUT2D eigenvalue weighted by molar-refractivity contribution is 7.99. The summed E-state index contributed by atoms with van der Waals surface area (Å²) >= 11 is 1.48. The summed E-state index contributed by atoms with van der Waals surface area (Å²) in [5, 5.41) is 18.6. The molecular formula is C20H20N2OS. The van der Waals surface area contributed by atoms with Crippen LogP contribution in [0.2, 0.25) is 0 Å². The molecule has 4 heteroatoms. The smallest absolute Gasteiger partial charge is 0.133 e. The van der Waals surface area contributed by atoms with Crippen LogP contribution in [0.1, 0.15) is 43.4 Å². The van der Waals surface area contributed by atoms with E-state index in [0.717, 1.165) is 33.9 Å². The molecule has 0 bridgehead atoms. The van der Waals surface area contributed by atoms with Crippen LogP contribution >= 0.6 is 11.8 Å². The monoisotopic (exact) mass is 336 g/mol. The lowest BCUT2D eigenvalue weighted by atomic mass is 10.1. The maximum atomic E-state index is 9.42. The molecule has 0 fully saturated rings. The topological polar surface area (TPSA) is 56.8 Å². The summed E-state index contributed by atoms with van der Waals surface area (Å²) in [7, 11) is 0. The fourth-order valence-corrected chi connectivity index (χ4v) is 3.54. The third kappa shape index (κ3) is 4.10. The van der Waals surface area contributed by atoms with E-state index in [1.54, 1.807) is 12.1 Å². The predicted octanol–water partition coefficient (Wildman–Crippen LogP) is 5.46. The fourth-order valence-electron chi connectivity index (χ4n) is 2.47. The van der Waals surface area contributed by atoms with E-state index in [4.69, 9.17) is 4.74 Å². The summed E-state index contributed by atoms with van der Waals surface area (Å²) in [5.74, 6) is 0.826. The third-order valence-electron chi connectivity index (χ3n) is 3.67. The van der Waals surface area contributed by atoms with Crippen molar-refractivity contribution in [1.29, 1.82) is 10.5 Å². The zero-order chi connectivity index (χ0) is 17.5. The third-order valence-corrected chi connectivity index (χ3v) is 4.96. The summed E-state index contributed by atoms with van der Waals surface area (Å²) in [5.41, 5.74) is 1.91. The Labute approximate surface area is 147 Å². The Hall–Kier alpha value is -2.43. The molecule has 3 nitrogen and oxygen atoms in total. The van der Waals surface area contributed by atoms with Crippen molar-refractivity contribution in [1.82, 2.24) is 0 Å². The minimum absolute atomic E-state index is 0.136.